The van der Waals surface area contributed by atoms with E-state index in [0.29, 0.717) is 5.92 Å². The standard InChI is InChI=1S/C9H11NO/c1-7-2-8(4-10-3-7)9-5-11-6-9/h2-4,9H,5-6H2,1H3. The lowest BCUT2D eigenvalue weighted by molar-refractivity contribution is 0.00827. The molecule has 0 N–H and O–H groups in total. The summed E-state index contributed by atoms with van der Waals surface area (Å²) >= 11 is 0. The summed E-state index contributed by atoms with van der Waals surface area (Å²) in [6, 6.07) is 2.18. The lowest BCUT2D eigenvalue weighted by atomic mass is 9.99. The van der Waals surface area contributed by atoms with Gasteiger partial charge in [0, 0.05) is 18.3 Å². The second-order valence-corrected chi connectivity index (χ2v) is 3.03. The van der Waals surface area contributed by atoms with Crippen molar-refractivity contribution in [3.05, 3.63) is 29.6 Å². The number of aromatic nitrogens is 1. The average Bonchev–Trinajstić information content (AvgIpc) is 1.83. The Morgan fingerprint density at radius 3 is 2.82 bits per heavy atom. The lowest BCUT2D eigenvalue weighted by Gasteiger charge is -2.26. The molecule has 1 saturated heterocycles. The van der Waals surface area contributed by atoms with Gasteiger partial charge in [-0.1, -0.05) is 6.07 Å². The average molecular weight is 149 g/mol. The topological polar surface area (TPSA) is 22.1 Å². The molecule has 0 saturated carbocycles. The first-order chi connectivity index (χ1) is 5.36. The zero-order valence-electron chi connectivity index (χ0n) is 6.58. The maximum absolute atomic E-state index is 5.10. The number of nitrogens with zero attached hydrogens (tertiary/aromatic N) is 1. The number of rotatable bonds is 1. The molecule has 0 spiro atoms. The fourth-order valence-corrected chi connectivity index (χ4v) is 1.23. The number of hydrogen-bond donors (Lipinski definition) is 0. The van der Waals surface area contributed by atoms with Crippen LogP contribution in [0.25, 0.3) is 0 Å². The third kappa shape index (κ3) is 1.26. The van der Waals surface area contributed by atoms with Crippen molar-refractivity contribution in [1.29, 1.82) is 0 Å². The lowest BCUT2D eigenvalue weighted by Crippen LogP contribution is -2.25. The molecule has 2 rings (SSSR count). The Bertz CT molecular complexity index is 255. The molecule has 1 aliphatic rings. The molecule has 0 aliphatic carbocycles. The molecule has 0 atom stereocenters. The van der Waals surface area contributed by atoms with Gasteiger partial charge in [0.15, 0.2) is 0 Å². The van der Waals surface area contributed by atoms with E-state index in [1.54, 1.807) is 0 Å². The predicted octanol–water partition coefficient (Wildman–Crippen LogP) is 1.50. The number of aryl methyl sites for hydroxylation is 1. The number of hydrogen-bond acceptors (Lipinski definition) is 2. The molecular formula is C9H11NO. The molecule has 2 heterocycles. The first-order valence-corrected chi connectivity index (χ1v) is 3.85. The van der Waals surface area contributed by atoms with Crippen molar-refractivity contribution in [3.63, 3.8) is 0 Å². The van der Waals surface area contributed by atoms with E-state index in [4.69, 9.17) is 4.74 Å². The number of pyridine rings is 1. The van der Waals surface area contributed by atoms with Crippen LogP contribution < -0.4 is 0 Å². The fraction of sp³-hybridized carbons (Fsp3) is 0.444. The largest absolute Gasteiger partial charge is 0.380 e. The van der Waals surface area contributed by atoms with Crippen molar-refractivity contribution >= 4 is 0 Å². The van der Waals surface area contributed by atoms with Gasteiger partial charge in [-0.3, -0.25) is 4.98 Å². The van der Waals surface area contributed by atoms with E-state index >= 15 is 0 Å². The second kappa shape index (κ2) is 2.62. The summed E-state index contributed by atoms with van der Waals surface area (Å²) in [5, 5.41) is 0. The highest BCUT2D eigenvalue weighted by Gasteiger charge is 2.20. The Kier molecular flexibility index (Phi) is 1.62. The molecule has 0 radical (unpaired) electrons. The smallest absolute Gasteiger partial charge is 0.0557 e. The van der Waals surface area contributed by atoms with Gasteiger partial charge in [-0.25, -0.2) is 0 Å². The third-order valence-corrected chi connectivity index (χ3v) is 2.01. The molecule has 2 heteroatoms. The summed E-state index contributed by atoms with van der Waals surface area (Å²) in [7, 11) is 0. The van der Waals surface area contributed by atoms with Crippen LogP contribution in [-0.2, 0) is 4.74 Å². The Balaban J connectivity index is 2.23. The fourth-order valence-electron chi connectivity index (χ4n) is 1.23. The van der Waals surface area contributed by atoms with Crippen molar-refractivity contribution in [2.24, 2.45) is 0 Å². The van der Waals surface area contributed by atoms with Crippen molar-refractivity contribution < 1.29 is 4.74 Å². The van der Waals surface area contributed by atoms with E-state index in [-0.39, 0.29) is 0 Å². The van der Waals surface area contributed by atoms with Crippen LogP contribution in [0.5, 0.6) is 0 Å². The van der Waals surface area contributed by atoms with Gasteiger partial charge in [0.2, 0.25) is 0 Å². The summed E-state index contributed by atoms with van der Waals surface area (Å²) < 4.78 is 5.10. The quantitative estimate of drug-likeness (QED) is 0.603. The molecule has 1 fully saturated rings. The molecule has 1 aromatic heterocycles. The van der Waals surface area contributed by atoms with Crippen LogP contribution in [0.2, 0.25) is 0 Å². The minimum Gasteiger partial charge on any atom is -0.380 e. The minimum absolute atomic E-state index is 0.599. The van der Waals surface area contributed by atoms with Crippen LogP contribution in [0.3, 0.4) is 0 Å². The third-order valence-electron chi connectivity index (χ3n) is 2.01. The number of ether oxygens (including phenoxy) is 1. The zero-order valence-corrected chi connectivity index (χ0v) is 6.58. The van der Waals surface area contributed by atoms with Gasteiger partial charge in [0.1, 0.15) is 0 Å². The van der Waals surface area contributed by atoms with Crippen LogP contribution in [0.4, 0.5) is 0 Å². The van der Waals surface area contributed by atoms with Crippen LogP contribution >= 0.6 is 0 Å². The monoisotopic (exact) mass is 149 g/mol. The van der Waals surface area contributed by atoms with Gasteiger partial charge in [0.25, 0.3) is 0 Å². The first-order valence-electron chi connectivity index (χ1n) is 3.85. The maximum atomic E-state index is 5.10. The van der Waals surface area contributed by atoms with Crippen molar-refractivity contribution in [3.8, 4) is 0 Å². The molecule has 2 nitrogen and oxygen atoms in total. The summed E-state index contributed by atoms with van der Waals surface area (Å²) in [6.07, 6.45) is 3.81. The van der Waals surface area contributed by atoms with E-state index in [9.17, 15) is 0 Å². The normalized spacial score (nSPS) is 17.9. The molecule has 0 amide bonds. The van der Waals surface area contributed by atoms with Crippen molar-refractivity contribution in [2.45, 2.75) is 12.8 Å². The van der Waals surface area contributed by atoms with Crippen LogP contribution in [-0.4, -0.2) is 18.2 Å². The second-order valence-electron chi connectivity index (χ2n) is 3.03. The van der Waals surface area contributed by atoms with Gasteiger partial charge >= 0.3 is 0 Å². The molecule has 1 aromatic rings. The van der Waals surface area contributed by atoms with Gasteiger partial charge in [-0.15, -0.1) is 0 Å². The highest BCUT2D eigenvalue weighted by atomic mass is 16.5. The predicted molar refractivity (Wildman–Crippen MR) is 42.5 cm³/mol. The van der Waals surface area contributed by atoms with E-state index in [1.165, 1.54) is 11.1 Å². The minimum atomic E-state index is 0.599. The summed E-state index contributed by atoms with van der Waals surface area (Å²) in [6.45, 7) is 3.80. The van der Waals surface area contributed by atoms with Crippen molar-refractivity contribution in [1.82, 2.24) is 4.98 Å². The Labute approximate surface area is 66.2 Å². The van der Waals surface area contributed by atoms with Crippen LogP contribution in [0, 0.1) is 6.92 Å². The van der Waals surface area contributed by atoms with Crippen LogP contribution in [0.15, 0.2) is 18.5 Å². The molecule has 0 aromatic carbocycles. The van der Waals surface area contributed by atoms with Gasteiger partial charge in [-0.05, 0) is 18.1 Å². The molecule has 58 valence electrons. The van der Waals surface area contributed by atoms with E-state index in [2.05, 4.69) is 18.0 Å². The summed E-state index contributed by atoms with van der Waals surface area (Å²) in [5.74, 6) is 0.599. The summed E-state index contributed by atoms with van der Waals surface area (Å²) in [4.78, 5) is 4.13. The molecule has 11 heavy (non-hydrogen) atoms. The Hall–Kier alpha value is -0.890. The molecule has 0 unspecified atom stereocenters. The zero-order chi connectivity index (χ0) is 7.68. The highest BCUT2D eigenvalue weighted by molar-refractivity contribution is 5.21. The van der Waals surface area contributed by atoms with E-state index in [1.807, 2.05) is 12.4 Å². The van der Waals surface area contributed by atoms with Gasteiger partial charge in [-0.2, -0.15) is 0 Å². The molecule has 1 aliphatic heterocycles. The Morgan fingerprint density at radius 2 is 2.27 bits per heavy atom. The summed E-state index contributed by atoms with van der Waals surface area (Å²) in [5.41, 5.74) is 2.55. The van der Waals surface area contributed by atoms with E-state index < -0.39 is 0 Å². The molecule has 0 bridgehead atoms. The van der Waals surface area contributed by atoms with Crippen molar-refractivity contribution in [2.75, 3.05) is 13.2 Å². The first kappa shape index (κ1) is 6.80. The van der Waals surface area contributed by atoms with E-state index in [0.717, 1.165) is 13.2 Å². The van der Waals surface area contributed by atoms with Gasteiger partial charge in [0.05, 0.1) is 13.2 Å². The highest BCUT2D eigenvalue weighted by Crippen LogP contribution is 2.23. The van der Waals surface area contributed by atoms with Gasteiger partial charge < -0.3 is 4.74 Å². The Morgan fingerprint density at radius 1 is 1.45 bits per heavy atom. The van der Waals surface area contributed by atoms with Crippen LogP contribution in [0.1, 0.15) is 17.0 Å². The SMILES string of the molecule is Cc1cncc(C2COC2)c1. The molecular weight excluding hydrogens is 138 g/mol. The maximum Gasteiger partial charge on any atom is 0.0557 e.